The van der Waals surface area contributed by atoms with Gasteiger partial charge in [0.15, 0.2) is 0 Å². The average molecular weight is 310 g/mol. The Bertz CT molecular complexity index is 630. The summed E-state index contributed by atoms with van der Waals surface area (Å²) in [5.74, 6) is 0.738. The van der Waals surface area contributed by atoms with Crippen LogP contribution in [0.3, 0.4) is 0 Å². The zero-order valence-corrected chi connectivity index (χ0v) is 12.8. The van der Waals surface area contributed by atoms with Crippen molar-refractivity contribution in [2.75, 3.05) is 6.54 Å². The van der Waals surface area contributed by atoms with Gasteiger partial charge in [-0.1, -0.05) is 24.4 Å². The van der Waals surface area contributed by atoms with Crippen LogP contribution in [-0.4, -0.2) is 20.0 Å². The van der Waals surface area contributed by atoms with Gasteiger partial charge in [-0.3, -0.25) is 0 Å². The van der Waals surface area contributed by atoms with Gasteiger partial charge < -0.3 is 5.73 Å². The highest BCUT2D eigenvalue weighted by Gasteiger charge is 2.53. The van der Waals surface area contributed by atoms with Gasteiger partial charge in [0.25, 0.3) is 0 Å². The monoisotopic (exact) mass is 310 g/mol. The molecule has 0 radical (unpaired) electrons. The Morgan fingerprint density at radius 3 is 2.35 bits per heavy atom. The summed E-state index contributed by atoms with van der Waals surface area (Å²) in [5.41, 5.74) is 6.44. The van der Waals surface area contributed by atoms with Gasteiger partial charge in [-0.25, -0.2) is 13.1 Å². The lowest BCUT2D eigenvalue weighted by Crippen LogP contribution is -2.31. The smallest absolute Gasteiger partial charge is 0.240 e. The van der Waals surface area contributed by atoms with Gasteiger partial charge in [0.2, 0.25) is 10.0 Å². The van der Waals surface area contributed by atoms with Crippen LogP contribution in [0.2, 0.25) is 0 Å². The van der Waals surface area contributed by atoms with Crippen molar-refractivity contribution in [2.45, 2.75) is 30.6 Å². The second kappa shape index (κ2) is 4.79. The van der Waals surface area contributed by atoms with E-state index < -0.39 is 10.0 Å². The van der Waals surface area contributed by atoms with E-state index in [4.69, 9.17) is 18.0 Å². The van der Waals surface area contributed by atoms with Crippen molar-refractivity contribution >= 4 is 27.2 Å². The molecule has 0 unspecified atom stereocenters. The molecule has 108 valence electrons. The lowest BCUT2D eigenvalue weighted by Gasteiger charge is -2.15. The Hall–Kier alpha value is -0.980. The molecule has 0 heterocycles. The molecule has 20 heavy (non-hydrogen) atoms. The molecule has 1 aromatic carbocycles. The number of hydrogen-bond donors (Lipinski definition) is 2. The number of benzene rings is 1. The summed E-state index contributed by atoms with van der Waals surface area (Å²) in [7, 11) is -3.44. The average Bonchev–Trinajstić information content (AvgIpc) is 3.28. The second-order valence-corrected chi connectivity index (χ2v) is 8.06. The summed E-state index contributed by atoms with van der Waals surface area (Å²) in [6.07, 6.45) is 4.82. The maximum atomic E-state index is 12.3. The zero-order chi connectivity index (χ0) is 14.4. The summed E-state index contributed by atoms with van der Waals surface area (Å²) < 4.78 is 27.3. The van der Waals surface area contributed by atoms with Gasteiger partial charge in [0, 0.05) is 12.1 Å². The fourth-order valence-corrected chi connectivity index (χ4v) is 3.98. The van der Waals surface area contributed by atoms with Crippen LogP contribution in [0.4, 0.5) is 0 Å². The summed E-state index contributed by atoms with van der Waals surface area (Å²) >= 11 is 4.86. The standard InChI is InChI=1S/C14H18N2O2S2/c15-13(19)10-1-5-12(6-2-10)20(17,18)16-9-14(7-8-14)11-3-4-11/h1-2,5-6,11,16H,3-4,7-9H2,(H2,15,19). The second-order valence-electron chi connectivity index (χ2n) is 5.85. The lowest BCUT2D eigenvalue weighted by molar-refractivity contribution is 0.432. The minimum absolute atomic E-state index is 0.256. The highest BCUT2D eigenvalue weighted by Crippen LogP contribution is 2.60. The Kier molecular flexibility index (Phi) is 3.35. The fourth-order valence-electron chi connectivity index (χ4n) is 2.71. The SMILES string of the molecule is NC(=S)c1ccc(S(=O)(=O)NCC2(C3CC3)CC2)cc1. The molecule has 0 atom stereocenters. The molecule has 0 spiro atoms. The predicted molar refractivity (Wildman–Crippen MR) is 81.9 cm³/mol. The minimum atomic E-state index is -3.44. The molecular weight excluding hydrogens is 292 g/mol. The van der Waals surface area contributed by atoms with E-state index in [0.29, 0.717) is 12.1 Å². The van der Waals surface area contributed by atoms with Crippen LogP contribution in [0.5, 0.6) is 0 Å². The number of hydrogen-bond acceptors (Lipinski definition) is 3. The highest BCUT2D eigenvalue weighted by molar-refractivity contribution is 7.89. The molecule has 1 aromatic rings. The van der Waals surface area contributed by atoms with Gasteiger partial charge in [-0.2, -0.15) is 0 Å². The van der Waals surface area contributed by atoms with Crippen molar-refractivity contribution < 1.29 is 8.42 Å². The molecule has 3 N–H and O–H groups in total. The van der Waals surface area contributed by atoms with Crippen LogP contribution >= 0.6 is 12.2 Å². The Morgan fingerprint density at radius 1 is 1.30 bits per heavy atom. The van der Waals surface area contributed by atoms with Crippen molar-refractivity contribution in [1.29, 1.82) is 0 Å². The summed E-state index contributed by atoms with van der Waals surface area (Å²) in [6, 6.07) is 6.39. The molecule has 6 heteroatoms. The first-order valence-corrected chi connectivity index (χ1v) is 8.72. The summed E-state index contributed by atoms with van der Waals surface area (Å²) in [4.78, 5) is 0.539. The first-order chi connectivity index (χ1) is 9.43. The zero-order valence-electron chi connectivity index (χ0n) is 11.1. The molecular formula is C14H18N2O2S2. The predicted octanol–water partition coefficient (Wildman–Crippen LogP) is 1.79. The van der Waals surface area contributed by atoms with Crippen LogP contribution < -0.4 is 10.5 Å². The summed E-state index contributed by atoms with van der Waals surface area (Å²) in [6.45, 7) is 0.567. The molecule has 2 saturated carbocycles. The first-order valence-electron chi connectivity index (χ1n) is 6.83. The highest BCUT2D eigenvalue weighted by atomic mass is 32.2. The van der Waals surface area contributed by atoms with Crippen LogP contribution in [0.25, 0.3) is 0 Å². The van der Waals surface area contributed by atoms with Crippen LogP contribution in [-0.2, 0) is 10.0 Å². The number of rotatable bonds is 6. The largest absolute Gasteiger partial charge is 0.389 e. The van der Waals surface area contributed by atoms with Crippen LogP contribution in [0.1, 0.15) is 31.2 Å². The molecule has 0 bridgehead atoms. The normalized spacial score (nSPS) is 20.6. The van der Waals surface area contributed by atoms with E-state index >= 15 is 0 Å². The van der Waals surface area contributed by atoms with E-state index in [9.17, 15) is 8.42 Å². The minimum Gasteiger partial charge on any atom is -0.389 e. The van der Waals surface area contributed by atoms with Gasteiger partial charge >= 0.3 is 0 Å². The third-order valence-corrected chi connectivity index (χ3v) is 6.05. The van der Waals surface area contributed by atoms with Crippen molar-refractivity contribution in [3.63, 3.8) is 0 Å². The molecule has 2 fully saturated rings. The number of nitrogens with one attached hydrogen (secondary N) is 1. The number of thiocarbonyl (C=S) groups is 1. The van der Waals surface area contributed by atoms with E-state index in [1.165, 1.54) is 12.8 Å². The molecule has 0 saturated heterocycles. The topological polar surface area (TPSA) is 72.2 Å². The number of sulfonamides is 1. The van der Waals surface area contributed by atoms with E-state index in [0.717, 1.165) is 18.8 Å². The molecule has 2 aliphatic carbocycles. The third kappa shape index (κ3) is 2.73. The molecule has 4 nitrogen and oxygen atoms in total. The molecule has 0 aliphatic heterocycles. The maximum absolute atomic E-state index is 12.3. The maximum Gasteiger partial charge on any atom is 0.240 e. The summed E-state index contributed by atoms with van der Waals surface area (Å²) in [5, 5.41) is 0. The van der Waals surface area contributed by atoms with Gasteiger partial charge in [-0.15, -0.1) is 0 Å². The van der Waals surface area contributed by atoms with Crippen LogP contribution in [0.15, 0.2) is 29.2 Å². The quantitative estimate of drug-likeness (QED) is 0.786. The van der Waals surface area contributed by atoms with Crippen molar-refractivity contribution in [3.05, 3.63) is 29.8 Å². The first kappa shape index (κ1) is 14.0. The van der Waals surface area contributed by atoms with Gasteiger partial charge in [0.05, 0.1) is 4.90 Å². The molecule has 2 aliphatic rings. The Morgan fingerprint density at radius 2 is 1.90 bits per heavy atom. The fraction of sp³-hybridized carbons (Fsp3) is 0.500. The molecule has 3 rings (SSSR count). The van der Waals surface area contributed by atoms with E-state index in [1.807, 2.05) is 0 Å². The van der Waals surface area contributed by atoms with E-state index in [2.05, 4.69) is 4.72 Å². The molecule has 0 aromatic heterocycles. The Labute approximate surface area is 124 Å². The lowest BCUT2D eigenvalue weighted by atomic mass is 10.0. The Balaban J connectivity index is 1.69. The van der Waals surface area contributed by atoms with E-state index in [1.54, 1.807) is 24.3 Å². The van der Waals surface area contributed by atoms with Crippen molar-refractivity contribution in [3.8, 4) is 0 Å². The molecule has 0 amide bonds. The third-order valence-electron chi connectivity index (χ3n) is 4.40. The van der Waals surface area contributed by atoms with Gasteiger partial charge in [-0.05, 0) is 49.1 Å². The van der Waals surface area contributed by atoms with E-state index in [-0.39, 0.29) is 15.3 Å². The van der Waals surface area contributed by atoms with Crippen molar-refractivity contribution in [2.24, 2.45) is 17.1 Å². The van der Waals surface area contributed by atoms with Crippen molar-refractivity contribution in [1.82, 2.24) is 4.72 Å². The number of nitrogens with two attached hydrogens (primary N) is 1. The van der Waals surface area contributed by atoms with Crippen LogP contribution in [0, 0.1) is 11.3 Å². The van der Waals surface area contributed by atoms with Gasteiger partial charge in [0.1, 0.15) is 4.99 Å².